The van der Waals surface area contributed by atoms with Crippen molar-refractivity contribution in [2.24, 2.45) is 17.6 Å². The smallest absolute Gasteiger partial charge is 0.0367 e. The van der Waals surface area contributed by atoms with Crippen LogP contribution in [0.3, 0.4) is 0 Å². The summed E-state index contributed by atoms with van der Waals surface area (Å²) in [5.41, 5.74) is 7.54. The van der Waals surface area contributed by atoms with E-state index in [-0.39, 0.29) is 0 Å². The van der Waals surface area contributed by atoms with Crippen molar-refractivity contribution in [2.75, 3.05) is 18.0 Å². The van der Waals surface area contributed by atoms with Gasteiger partial charge in [-0.1, -0.05) is 28.8 Å². The molecule has 3 rings (SSSR count). The highest BCUT2D eigenvalue weighted by Gasteiger charge is 2.31. The van der Waals surface area contributed by atoms with Crippen molar-refractivity contribution >= 4 is 21.6 Å². The van der Waals surface area contributed by atoms with E-state index in [1.165, 1.54) is 37.9 Å². The summed E-state index contributed by atoms with van der Waals surface area (Å²) in [5.74, 6) is 1.80. The molecule has 98 valence electrons. The number of halogens is 1. The Morgan fingerprint density at radius 2 is 1.83 bits per heavy atom. The molecule has 2 aliphatic rings. The number of nitrogens with two attached hydrogens (primary N) is 1. The Labute approximate surface area is 118 Å². The fourth-order valence-electron chi connectivity index (χ4n) is 3.10. The van der Waals surface area contributed by atoms with Crippen LogP contribution in [0.2, 0.25) is 0 Å². The lowest BCUT2D eigenvalue weighted by atomic mass is 9.90. The summed E-state index contributed by atoms with van der Waals surface area (Å²) in [6, 6.07) is 8.95. The molecule has 1 heterocycles. The molecule has 3 heteroatoms. The second kappa shape index (κ2) is 5.22. The van der Waals surface area contributed by atoms with Gasteiger partial charge >= 0.3 is 0 Å². The molecule has 0 spiro atoms. The second-order valence-electron chi connectivity index (χ2n) is 5.92. The maximum Gasteiger partial charge on any atom is 0.0367 e. The third-order valence-corrected chi connectivity index (χ3v) is 4.65. The number of anilines is 1. The van der Waals surface area contributed by atoms with E-state index in [0.717, 1.165) is 22.9 Å². The van der Waals surface area contributed by atoms with Gasteiger partial charge in [0.2, 0.25) is 0 Å². The molecule has 1 saturated heterocycles. The van der Waals surface area contributed by atoms with Crippen LogP contribution >= 0.6 is 15.9 Å². The standard InChI is InChI=1S/C15H21BrN2/c16-13-3-5-15(6-4-13)18-9-12(7-11-1-2-11)8-14(17)10-18/h3-6,11-12,14H,1-2,7-10,17H2. The Kier molecular flexibility index (Phi) is 3.62. The lowest BCUT2D eigenvalue weighted by Crippen LogP contribution is -2.47. The lowest BCUT2D eigenvalue weighted by molar-refractivity contribution is 0.344. The molecule has 1 aliphatic heterocycles. The van der Waals surface area contributed by atoms with Crippen molar-refractivity contribution in [3.8, 4) is 0 Å². The van der Waals surface area contributed by atoms with Crippen molar-refractivity contribution in [3.63, 3.8) is 0 Å². The zero-order valence-electron chi connectivity index (χ0n) is 10.7. The van der Waals surface area contributed by atoms with E-state index in [1.54, 1.807) is 0 Å². The molecule has 2 unspecified atom stereocenters. The van der Waals surface area contributed by atoms with Crippen LogP contribution in [-0.4, -0.2) is 19.1 Å². The van der Waals surface area contributed by atoms with E-state index in [9.17, 15) is 0 Å². The molecule has 1 aliphatic carbocycles. The highest BCUT2D eigenvalue weighted by Crippen LogP contribution is 2.38. The van der Waals surface area contributed by atoms with Gasteiger partial charge in [0.1, 0.15) is 0 Å². The van der Waals surface area contributed by atoms with Crippen molar-refractivity contribution in [3.05, 3.63) is 28.7 Å². The number of hydrogen-bond acceptors (Lipinski definition) is 2. The second-order valence-corrected chi connectivity index (χ2v) is 6.84. The molecule has 2 N–H and O–H groups in total. The minimum atomic E-state index is 0.339. The van der Waals surface area contributed by atoms with Crippen LogP contribution in [0.4, 0.5) is 5.69 Å². The molecular weight excluding hydrogens is 288 g/mol. The average Bonchev–Trinajstić information content (AvgIpc) is 3.13. The van der Waals surface area contributed by atoms with Gasteiger partial charge in [0.15, 0.2) is 0 Å². The third-order valence-electron chi connectivity index (χ3n) is 4.12. The first-order valence-corrected chi connectivity index (χ1v) is 7.76. The van der Waals surface area contributed by atoms with E-state index in [2.05, 4.69) is 45.1 Å². The predicted molar refractivity (Wildman–Crippen MR) is 79.8 cm³/mol. The van der Waals surface area contributed by atoms with E-state index in [1.807, 2.05) is 0 Å². The van der Waals surface area contributed by atoms with Crippen LogP contribution in [0.5, 0.6) is 0 Å². The zero-order chi connectivity index (χ0) is 12.5. The molecule has 0 radical (unpaired) electrons. The minimum Gasteiger partial charge on any atom is -0.370 e. The van der Waals surface area contributed by atoms with Gasteiger partial charge in [-0.15, -0.1) is 0 Å². The number of nitrogens with zero attached hydrogens (tertiary/aromatic N) is 1. The largest absolute Gasteiger partial charge is 0.370 e. The quantitative estimate of drug-likeness (QED) is 0.927. The maximum atomic E-state index is 6.23. The van der Waals surface area contributed by atoms with Gasteiger partial charge in [-0.3, -0.25) is 0 Å². The summed E-state index contributed by atoms with van der Waals surface area (Å²) < 4.78 is 1.14. The Hall–Kier alpha value is -0.540. The Morgan fingerprint density at radius 3 is 2.50 bits per heavy atom. The van der Waals surface area contributed by atoms with Gasteiger partial charge in [-0.05, 0) is 48.9 Å². The Bertz CT molecular complexity index is 397. The van der Waals surface area contributed by atoms with E-state index in [4.69, 9.17) is 5.73 Å². The molecule has 1 aromatic carbocycles. The van der Waals surface area contributed by atoms with Crippen LogP contribution in [0, 0.1) is 11.8 Å². The van der Waals surface area contributed by atoms with Crippen LogP contribution in [0.1, 0.15) is 25.7 Å². The van der Waals surface area contributed by atoms with Crippen LogP contribution in [-0.2, 0) is 0 Å². The topological polar surface area (TPSA) is 29.3 Å². The minimum absolute atomic E-state index is 0.339. The molecule has 2 atom stereocenters. The maximum absolute atomic E-state index is 6.23. The zero-order valence-corrected chi connectivity index (χ0v) is 12.3. The highest BCUT2D eigenvalue weighted by atomic mass is 79.9. The third kappa shape index (κ3) is 3.07. The van der Waals surface area contributed by atoms with Crippen LogP contribution < -0.4 is 10.6 Å². The van der Waals surface area contributed by atoms with Crippen molar-refractivity contribution in [1.82, 2.24) is 0 Å². The van der Waals surface area contributed by atoms with Gasteiger partial charge in [-0.2, -0.15) is 0 Å². The first-order valence-electron chi connectivity index (χ1n) is 6.97. The predicted octanol–water partition coefficient (Wildman–Crippen LogP) is 3.40. The number of rotatable bonds is 3. The number of hydrogen-bond donors (Lipinski definition) is 1. The van der Waals surface area contributed by atoms with Crippen LogP contribution in [0.25, 0.3) is 0 Å². The van der Waals surface area contributed by atoms with Crippen molar-refractivity contribution in [1.29, 1.82) is 0 Å². The summed E-state index contributed by atoms with van der Waals surface area (Å²) >= 11 is 3.49. The highest BCUT2D eigenvalue weighted by molar-refractivity contribution is 9.10. The van der Waals surface area contributed by atoms with Crippen molar-refractivity contribution in [2.45, 2.75) is 31.7 Å². The van der Waals surface area contributed by atoms with Crippen LogP contribution in [0.15, 0.2) is 28.7 Å². The van der Waals surface area contributed by atoms with Gasteiger partial charge in [0.25, 0.3) is 0 Å². The number of piperidine rings is 1. The normalized spacial score (nSPS) is 28.4. The van der Waals surface area contributed by atoms with E-state index >= 15 is 0 Å². The molecule has 1 aromatic rings. The molecule has 2 fully saturated rings. The summed E-state index contributed by atoms with van der Waals surface area (Å²) in [7, 11) is 0. The SMILES string of the molecule is NC1CC(CC2CC2)CN(c2ccc(Br)cc2)C1. The van der Waals surface area contributed by atoms with Gasteiger partial charge < -0.3 is 10.6 Å². The summed E-state index contributed by atoms with van der Waals surface area (Å²) in [6.07, 6.45) is 5.50. The Morgan fingerprint density at radius 1 is 1.11 bits per heavy atom. The fraction of sp³-hybridized carbons (Fsp3) is 0.600. The first-order chi connectivity index (χ1) is 8.70. The van der Waals surface area contributed by atoms with E-state index in [0.29, 0.717) is 6.04 Å². The molecule has 1 saturated carbocycles. The van der Waals surface area contributed by atoms with Crippen molar-refractivity contribution < 1.29 is 0 Å². The summed E-state index contributed by atoms with van der Waals surface area (Å²) in [6.45, 7) is 2.19. The molecular formula is C15H21BrN2. The molecule has 0 aromatic heterocycles. The molecule has 0 bridgehead atoms. The van der Waals surface area contributed by atoms with Gasteiger partial charge in [-0.25, -0.2) is 0 Å². The molecule has 2 nitrogen and oxygen atoms in total. The molecule has 18 heavy (non-hydrogen) atoms. The summed E-state index contributed by atoms with van der Waals surface area (Å²) in [5, 5.41) is 0. The van der Waals surface area contributed by atoms with E-state index < -0.39 is 0 Å². The Balaban J connectivity index is 1.68. The first kappa shape index (κ1) is 12.5. The summed E-state index contributed by atoms with van der Waals surface area (Å²) in [4.78, 5) is 2.47. The number of benzene rings is 1. The average molecular weight is 309 g/mol. The monoisotopic (exact) mass is 308 g/mol. The van der Waals surface area contributed by atoms with Gasteiger partial charge in [0.05, 0.1) is 0 Å². The molecule has 0 amide bonds. The van der Waals surface area contributed by atoms with Gasteiger partial charge in [0, 0.05) is 29.3 Å². The fourth-order valence-corrected chi connectivity index (χ4v) is 3.37. The lowest BCUT2D eigenvalue weighted by Gasteiger charge is -2.38.